The normalized spacial score (nSPS) is 11.3. The number of benzene rings is 3. The van der Waals surface area contributed by atoms with Crippen LogP contribution in [0, 0.1) is 0 Å². The van der Waals surface area contributed by atoms with E-state index in [0.717, 1.165) is 11.3 Å². The highest BCUT2D eigenvalue weighted by molar-refractivity contribution is 7.87. The van der Waals surface area contributed by atoms with Crippen LogP contribution in [-0.4, -0.2) is 18.0 Å². The molecule has 0 aliphatic carbocycles. The minimum atomic E-state index is -3.98. The molecule has 0 aliphatic heterocycles. The highest BCUT2D eigenvalue weighted by Crippen LogP contribution is 2.29. The van der Waals surface area contributed by atoms with E-state index in [4.69, 9.17) is 4.18 Å². The van der Waals surface area contributed by atoms with Crippen molar-refractivity contribution in [2.75, 3.05) is 0 Å². The number of hydrogen-bond acceptors (Lipinski definition) is 4. The lowest BCUT2D eigenvalue weighted by molar-refractivity contribution is 0.486. The minimum absolute atomic E-state index is 0.134. The molecule has 4 rings (SSSR count). The molecule has 0 aliphatic rings. The summed E-state index contributed by atoms with van der Waals surface area (Å²) in [5.41, 5.74) is 2.28. The number of imidazole rings is 1. The predicted molar refractivity (Wildman–Crippen MR) is 103 cm³/mol. The first-order chi connectivity index (χ1) is 13.1. The second-order valence-electron chi connectivity index (χ2n) is 5.86. The van der Waals surface area contributed by atoms with Crippen LogP contribution in [0.15, 0.2) is 102 Å². The summed E-state index contributed by atoms with van der Waals surface area (Å²) in [6.45, 7) is 0. The smallest absolute Gasteiger partial charge is 0.339 e. The van der Waals surface area contributed by atoms with E-state index in [0.29, 0.717) is 5.56 Å². The molecule has 4 aromatic rings. The molecule has 0 atom stereocenters. The highest BCUT2D eigenvalue weighted by Gasteiger charge is 2.21. The van der Waals surface area contributed by atoms with E-state index in [-0.39, 0.29) is 10.6 Å². The fourth-order valence-corrected chi connectivity index (χ4v) is 3.95. The first-order valence-electron chi connectivity index (χ1n) is 8.31. The van der Waals surface area contributed by atoms with Crippen molar-refractivity contribution in [3.05, 3.63) is 97.6 Å². The lowest BCUT2D eigenvalue weighted by atomic mass is 10.1. The van der Waals surface area contributed by atoms with Gasteiger partial charge >= 0.3 is 10.1 Å². The Bertz CT molecular complexity index is 1140. The Morgan fingerprint density at radius 1 is 0.815 bits per heavy atom. The highest BCUT2D eigenvalue weighted by atomic mass is 32.2. The molecule has 0 N–H and O–H groups in total. The second-order valence-corrected chi connectivity index (χ2v) is 7.38. The van der Waals surface area contributed by atoms with Crippen molar-refractivity contribution in [1.29, 1.82) is 0 Å². The maximum atomic E-state index is 12.9. The van der Waals surface area contributed by atoms with Gasteiger partial charge in [0.1, 0.15) is 10.6 Å². The van der Waals surface area contributed by atoms with E-state index < -0.39 is 10.1 Å². The monoisotopic (exact) mass is 376 g/mol. The Balaban J connectivity index is 1.65. The van der Waals surface area contributed by atoms with Crippen LogP contribution in [0.25, 0.3) is 16.8 Å². The fraction of sp³-hybridized carbons (Fsp3) is 0. The molecule has 6 heteroatoms. The lowest BCUT2D eigenvalue weighted by Gasteiger charge is -2.12. The molecule has 27 heavy (non-hydrogen) atoms. The number of hydrogen-bond donors (Lipinski definition) is 0. The molecule has 0 fully saturated rings. The standard InChI is InChI=1S/C21H16N2O3S/c24-27(25,21-9-5-4-8-20(21)17-6-2-1-3-7-17)26-19-12-10-18(11-13-19)23-15-14-22-16-23/h1-16H. The fourth-order valence-electron chi connectivity index (χ4n) is 2.80. The van der Waals surface area contributed by atoms with Crippen LogP contribution in [-0.2, 0) is 10.1 Å². The average Bonchev–Trinajstić information content (AvgIpc) is 3.24. The van der Waals surface area contributed by atoms with E-state index in [1.54, 1.807) is 61.1 Å². The molecule has 0 amide bonds. The summed E-state index contributed by atoms with van der Waals surface area (Å²) in [5.74, 6) is 0.252. The van der Waals surface area contributed by atoms with Gasteiger partial charge in [0, 0.05) is 23.6 Å². The van der Waals surface area contributed by atoms with E-state index >= 15 is 0 Å². The van der Waals surface area contributed by atoms with Crippen molar-refractivity contribution >= 4 is 10.1 Å². The second kappa shape index (κ2) is 7.09. The molecule has 5 nitrogen and oxygen atoms in total. The zero-order valence-electron chi connectivity index (χ0n) is 14.3. The Labute approximate surface area is 157 Å². The molecule has 0 saturated carbocycles. The number of rotatable bonds is 5. The van der Waals surface area contributed by atoms with Crippen LogP contribution < -0.4 is 4.18 Å². The van der Waals surface area contributed by atoms with Gasteiger partial charge in [0.25, 0.3) is 0 Å². The van der Waals surface area contributed by atoms with E-state index in [9.17, 15) is 8.42 Å². The topological polar surface area (TPSA) is 61.2 Å². The summed E-state index contributed by atoms with van der Waals surface area (Å²) in [6.07, 6.45) is 5.15. The van der Waals surface area contributed by atoms with E-state index in [1.165, 1.54) is 0 Å². The van der Waals surface area contributed by atoms with Crippen molar-refractivity contribution < 1.29 is 12.6 Å². The van der Waals surface area contributed by atoms with Crippen molar-refractivity contribution in [2.45, 2.75) is 4.90 Å². The van der Waals surface area contributed by atoms with Gasteiger partial charge in [-0.3, -0.25) is 0 Å². The molecular weight excluding hydrogens is 360 g/mol. The third-order valence-electron chi connectivity index (χ3n) is 4.09. The largest absolute Gasteiger partial charge is 0.379 e. The molecule has 1 heterocycles. The average molecular weight is 376 g/mol. The minimum Gasteiger partial charge on any atom is -0.379 e. The first kappa shape index (κ1) is 17.1. The lowest BCUT2D eigenvalue weighted by Crippen LogP contribution is -2.11. The molecule has 0 spiro atoms. The summed E-state index contributed by atoms with van der Waals surface area (Å²) < 4.78 is 32.9. The SMILES string of the molecule is O=S(=O)(Oc1ccc(-n2ccnc2)cc1)c1ccccc1-c1ccccc1. The van der Waals surface area contributed by atoms with Gasteiger partial charge in [-0.05, 0) is 35.9 Å². The molecule has 0 radical (unpaired) electrons. The van der Waals surface area contributed by atoms with E-state index in [2.05, 4.69) is 4.98 Å². The quantitative estimate of drug-likeness (QED) is 0.487. The number of nitrogens with zero attached hydrogens (tertiary/aromatic N) is 2. The Morgan fingerprint density at radius 2 is 1.52 bits per heavy atom. The van der Waals surface area contributed by atoms with Gasteiger partial charge in [-0.15, -0.1) is 0 Å². The van der Waals surface area contributed by atoms with Crippen molar-refractivity contribution in [1.82, 2.24) is 9.55 Å². The summed E-state index contributed by atoms with van der Waals surface area (Å²) >= 11 is 0. The Kier molecular flexibility index (Phi) is 4.48. The van der Waals surface area contributed by atoms with Crippen LogP contribution in [0.5, 0.6) is 5.75 Å². The predicted octanol–water partition coefficient (Wildman–Crippen LogP) is 4.31. The third kappa shape index (κ3) is 3.61. The first-order valence-corrected chi connectivity index (χ1v) is 9.72. The van der Waals surface area contributed by atoms with E-state index in [1.807, 2.05) is 41.1 Å². The molecule has 0 unspecified atom stereocenters. The third-order valence-corrected chi connectivity index (χ3v) is 5.39. The summed E-state index contributed by atoms with van der Waals surface area (Å²) in [4.78, 5) is 4.13. The number of aromatic nitrogens is 2. The van der Waals surface area contributed by atoms with Gasteiger partial charge in [0.2, 0.25) is 0 Å². The van der Waals surface area contributed by atoms with Crippen LogP contribution in [0.2, 0.25) is 0 Å². The van der Waals surface area contributed by atoms with Crippen LogP contribution in [0.4, 0.5) is 0 Å². The molecule has 1 aromatic heterocycles. The molecule has 0 bridgehead atoms. The van der Waals surface area contributed by atoms with Gasteiger partial charge in [-0.2, -0.15) is 8.42 Å². The Morgan fingerprint density at radius 3 is 2.22 bits per heavy atom. The summed E-state index contributed by atoms with van der Waals surface area (Å²) in [6, 6.07) is 23.0. The van der Waals surface area contributed by atoms with Crippen molar-refractivity contribution in [2.24, 2.45) is 0 Å². The van der Waals surface area contributed by atoms with Gasteiger partial charge in [-0.25, -0.2) is 4.98 Å². The molecule has 3 aromatic carbocycles. The Hall–Kier alpha value is -3.38. The van der Waals surface area contributed by atoms with Crippen LogP contribution in [0.1, 0.15) is 0 Å². The van der Waals surface area contributed by atoms with Gasteiger partial charge in [-0.1, -0.05) is 48.5 Å². The maximum Gasteiger partial charge on any atom is 0.339 e. The van der Waals surface area contributed by atoms with Crippen LogP contribution in [0.3, 0.4) is 0 Å². The summed E-state index contributed by atoms with van der Waals surface area (Å²) in [7, 11) is -3.98. The maximum absolute atomic E-state index is 12.9. The zero-order valence-corrected chi connectivity index (χ0v) is 15.1. The van der Waals surface area contributed by atoms with Crippen molar-refractivity contribution in [3.8, 4) is 22.6 Å². The van der Waals surface area contributed by atoms with Crippen LogP contribution >= 0.6 is 0 Å². The molecular formula is C21H16N2O3S. The van der Waals surface area contributed by atoms with Gasteiger partial charge < -0.3 is 8.75 Å². The molecule has 134 valence electrons. The van der Waals surface area contributed by atoms with Crippen molar-refractivity contribution in [3.63, 3.8) is 0 Å². The molecule has 0 saturated heterocycles. The van der Waals surface area contributed by atoms with Gasteiger partial charge in [0.05, 0.1) is 6.33 Å². The zero-order chi connectivity index (χ0) is 18.7. The van der Waals surface area contributed by atoms with Gasteiger partial charge in [0.15, 0.2) is 0 Å². The summed E-state index contributed by atoms with van der Waals surface area (Å²) in [5, 5.41) is 0.